The minimum absolute atomic E-state index is 0.0838. The SMILES string of the molecule is CCCNC(=O)CSc1cnc(N)cc1C(=O)OC. The van der Waals surface area contributed by atoms with E-state index in [1.54, 1.807) is 0 Å². The summed E-state index contributed by atoms with van der Waals surface area (Å²) in [6.07, 6.45) is 2.35. The lowest BCUT2D eigenvalue weighted by molar-refractivity contribution is -0.118. The molecule has 6 nitrogen and oxygen atoms in total. The number of methoxy groups -OCH3 is 1. The van der Waals surface area contributed by atoms with Gasteiger partial charge in [-0.3, -0.25) is 4.79 Å². The molecule has 3 N–H and O–H groups in total. The summed E-state index contributed by atoms with van der Waals surface area (Å²) in [5.74, 6) is -0.125. The van der Waals surface area contributed by atoms with Crippen LogP contribution in [0, 0.1) is 0 Å². The molecule has 0 spiro atoms. The molecule has 0 saturated heterocycles. The Balaban J connectivity index is 2.72. The Labute approximate surface area is 116 Å². The number of hydrogen-bond donors (Lipinski definition) is 2. The molecule has 7 heteroatoms. The summed E-state index contributed by atoms with van der Waals surface area (Å²) >= 11 is 1.23. The molecule has 0 atom stereocenters. The number of nitrogen functional groups attached to an aromatic ring is 1. The zero-order valence-corrected chi connectivity index (χ0v) is 11.8. The number of carbonyl (C=O) groups excluding carboxylic acids is 2. The van der Waals surface area contributed by atoms with Crippen LogP contribution in [0.15, 0.2) is 17.2 Å². The fourth-order valence-electron chi connectivity index (χ4n) is 1.30. The van der Waals surface area contributed by atoms with Crippen molar-refractivity contribution in [3.8, 4) is 0 Å². The molecule has 19 heavy (non-hydrogen) atoms. The number of aromatic nitrogens is 1. The van der Waals surface area contributed by atoms with Crippen LogP contribution in [-0.2, 0) is 9.53 Å². The Hall–Kier alpha value is -1.76. The van der Waals surface area contributed by atoms with E-state index in [2.05, 4.69) is 15.0 Å². The smallest absolute Gasteiger partial charge is 0.339 e. The normalized spacial score (nSPS) is 10.0. The highest BCUT2D eigenvalue weighted by atomic mass is 32.2. The predicted molar refractivity (Wildman–Crippen MR) is 74.0 cm³/mol. The third kappa shape index (κ3) is 4.78. The second-order valence-electron chi connectivity index (χ2n) is 3.74. The number of esters is 1. The monoisotopic (exact) mass is 283 g/mol. The van der Waals surface area contributed by atoms with Gasteiger partial charge in [0.05, 0.1) is 18.4 Å². The summed E-state index contributed by atoms with van der Waals surface area (Å²) < 4.78 is 4.67. The molecular formula is C12H17N3O3S. The summed E-state index contributed by atoms with van der Waals surface area (Å²) in [6.45, 7) is 2.62. The van der Waals surface area contributed by atoms with Crippen LogP contribution in [0.5, 0.6) is 0 Å². The fourth-order valence-corrected chi connectivity index (χ4v) is 2.12. The second kappa shape index (κ2) is 7.63. The first-order valence-corrected chi connectivity index (χ1v) is 6.80. The van der Waals surface area contributed by atoms with E-state index >= 15 is 0 Å². The number of carbonyl (C=O) groups is 2. The van der Waals surface area contributed by atoms with Crippen LogP contribution in [-0.4, -0.2) is 36.3 Å². The second-order valence-corrected chi connectivity index (χ2v) is 4.75. The van der Waals surface area contributed by atoms with Gasteiger partial charge in [-0.15, -0.1) is 11.8 Å². The average molecular weight is 283 g/mol. The van der Waals surface area contributed by atoms with Gasteiger partial charge in [0.15, 0.2) is 0 Å². The number of nitrogens with two attached hydrogens (primary N) is 1. The number of thioether (sulfide) groups is 1. The number of anilines is 1. The van der Waals surface area contributed by atoms with Crippen LogP contribution >= 0.6 is 11.8 Å². The van der Waals surface area contributed by atoms with Crippen LogP contribution in [0.2, 0.25) is 0 Å². The molecule has 0 aliphatic rings. The number of rotatable bonds is 6. The fraction of sp³-hybridized carbons (Fsp3) is 0.417. The number of pyridine rings is 1. The summed E-state index contributed by atoms with van der Waals surface area (Å²) in [6, 6.07) is 1.44. The largest absolute Gasteiger partial charge is 0.465 e. The van der Waals surface area contributed by atoms with E-state index in [4.69, 9.17) is 5.73 Å². The summed E-state index contributed by atoms with van der Waals surface area (Å²) in [7, 11) is 1.29. The van der Waals surface area contributed by atoms with Crippen molar-refractivity contribution in [1.29, 1.82) is 0 Å². The van der Waals surface area contributed by atoms with Gasteiger partial charge in [-0.05, 0) is 12.5 Å². The number of nitrogens with zero attached hydrogens (tertiary/aromatic N) is 1. The van der Waals surface area contributed by atoms with Crippen molar-refractivity contribution >= 4 is 29.5 Å². The Morgan fingerprint density at radius 1 is 1.53 bits per heavy atom. The molecule has 1 amide bonds. The average Bonchev–Trinajstić information content (AvgIpc) is 2.42. The van der Waals surface area contributed by atoms with Crippen molar-refractivity contribution in [2.45, 2.75) is 18.2 Å². The van der Waals surface area contributed by atoms with E-state index < -0.39 is 5.97 Å². The molecule has 104 valence electrons. The lowest BCUT2D eigenvalue weighted by Gasteiger charge is -2.08. The molecular weight excluding hydrogens is 266 g/mol. The van der Waals surface area contributed by atoms with E-state index in [1.807, 2.05) is 6.92 Å². The van der Waals surface area contributed by atoms with Gasteiger partial charge in [-0.1, -0.05) is 6.92 Å². The quantitative estimate of drug-likeness (QED) is 0.599. The van der Waals surface area contributed by atoms with Gasteiger partial charge in [-0.2, -0.15) is 0 Å². The van der Waals surface area contributed by atoms with E-state index in [1.165, 1.54) is 31.1 Å². The molecule has 0 fully saturated rings. The van der Waals surface area contributed by atoms with Crippen LogP contribution in [0.1, 0.15) is 23.7 Å². The Bertz CT molecular complexity index is 466. The topological polar surface area (TPSA) is 94.3 Å². The van der Waals surface area contributed by atoms with Crippen LogP contribution in [0.25, 0.3) is 0 Å². The minimum Gasteiger partial charge on any atom is -0.465 e. The van der Waals surface area contributed by atoms with E-state index in [0.29, 0.717) is 17.0 Å². The highest BCUT2D eigenvalue weighted by molar-refractivity contribution is 8.00. The summed E-state index contributed by atoms with van der Waals surface area (Å²) in [5, 5.41) is 2.76. The third-order valence-electron chi connectivity index (χ3n) is 2.22. The molecule has 0 aliphatic carbocycles. The Kier molecular flexibility index (Phi) is 6.14. The maximum absolute atomic E-state index is 11.6. The van der Waals surface area contributed by atoms with Crippen LogP contribution in [0.4, 0.5) is 5.82 Å². The standard InChI is InChI=1S/C12H17N3O3S/c1-3-4-14-11(16)7-19-9-6-15-10(13)5-8(9)12(17)18-2/h5-6H,3-4,7H2,1-2H3,(H2,13,15)(H,14,16). The lowest BCUT2D eigenvalue weighted by atomic mass is 10.2. The van der Waals surface area contributed by atoms with E-state index in [9.17, 15) is 9.59 Å². The predicted octanol–water partition coefficient (Wildman–Crippen LogP) is 1.07. The van der Waals surface area contributed by atoms with Gasteiger partial charge in [0, 0.05) is 17.6 Å². The van der Waals surface area contributed by atoms with Crippen molar-refractivity contribution < 1.29 is 14.3 Å². The molecule has 0 saturated carbocycles. The first kappa shape index (κ1) is 15.3. The first-order chi connectivity index (χ1) is 9.08. The number of ether oxygens (including phenoxy) is 1. The van der Waals surface area contributed by atoms with Gasteiger partial charge in [0.1, 0.15) is 5.82 Å². The van der Waals surface area contributed by atoms with E-state index in [-0.39, 0.29) is 17.5 Å². The Morgan fingerprint density at radius 2 is 2.26 bits per heavy atom. The highest BCUT2D eigenvalue weighted by Crippen LogP contribution is 2.23. The van der Waals surface area contributed by atoms with Crippen LogP contribution in [0.3, 0.4) is 0 Å². The van der Waals surface area contributed by atoms with Crippen molar-refractivity contribution in [3.63, 3.8) is 0 Å². The molecule has 0 unspecified atom stereocenters. The molecule has 0 bridgehead atoms. The summed E-state index contributed by atoms with van der Waals surface area (Å²) in [5.41, 5.74) is 5.86. The molecule has 0 aromatic carbocycles. The lowest BCUT2D eigenvalue weighted by Crippen LogP contribution is -2.25. The zero-order valence-electron chi connectivity index (χ0n) is 10.9. The molecule has 1 rings (SSSR count). The van der Waals surface area contributed by atoms with Crippen molar-refractivity contribution in [3.05, 3.63) is 17.8 Å². The van der Waals surface area contributed by atoms with Gasteiger partial charge < -0.3 is 15.8 Å². The summed E-state index contributed by atoms with van der Waals surface area (Å²) in [4.78, 5) is 27.6. The highest BCUT2D eigenvalue weighted by Gasteiger charge is 2.14. The van der Waals surface area contributed by atoms with Gasteiger partial charge in [0.25, 0.3) is 0 Å². The molecule has 1 heterocycles. The van der Waals surface area contributed by atoms with Gasteiger partial charge in [0.2, 0.25) is 5.91 Å². The maximum Gasteiger partial charge on any atom is 0.339 e. The van der Waals surface area contributed by atoms with Crippen molar-refractivity contribution in [1.82, 2.24) is 10.3 Å². The third-order valence-corrected chi connectivity index (χ3v) is 3.27. The van der Waals surface area contributed by atoms with Crippen molar-refractivity contribution in [2.24, 2.45) is 0 Å². The number of hydrogen-bond acceptors (Lipinski definition) is 6. The first-order valence-electron chi connectivity index (χ1n) is 5.81. The molecule has 1 aromatic heterocycles. The van der Waals surface area contributed by atoms with Gasteiger partial charge >= 0.3 is 5.97 Å². The maximum atomic E-state index is 11.6. The van der Waals surface area contributed by atoms with Gasteiger partial charge in [-0.25, -0.2) is 9.78 Å². The van der Waals surface area contributed by atoms with E-state index in [0.717, 1.165) is 6.42 Å². The number of amides is 1. The minimum atomic E-state index is -0.495. The van der Waals surface area contributed by atoms with Crippen LogP contribution < -0.4 is 11.1 Å². The van der Waals surface area contributed by atoms with Crippen molar-refractivity contribution in [2.75, 3.05) is 25.1 Å². The number of nitrogens with one attached hydrogen (secondary N) is 1. The molecule has 0 radical (unpaired) electrons. The molecule has 1 aromatic rings. The zero-order chi connectivity index (χ0) is 14.3. The molecule has 0 aliphatic heterocycles. The Morgan fingerprint density at radius 3 is 2.89 bits per heavy atom.